The minimum atomic E-state index is 1.04. The Morgan fingerprint density at radius 3 is 2.09 bits per heavy atom. The average Bonchev–Trinajstić information content (AvgIpc) is 1.91. The highest BCUT2D eigenvalue weighted by atomic mass is 15.1. The van der Waals surface area contributed by atoms with E-state index in [2.05, 4.69) is 32.4 Å². The van der Waals surface area contributed by atoms with Crippen molar-refractivity contribution in [1.82, 2.24) is 4.90 Å². The van der Waals surface area contributed by atoms with Crippen LogP contribution in [-0.4, -0.2) is 25.0 Å². The van der Waals surface area contributed by atoms with E-state index < -0.39 is 0 Å². The summed E-state index contributed by atoms with van der Waals surface area (Å²) in [6.07, 6.45) is 1.23. The summed E-state index contributed by atoms with van der Waals surface area (Å²) in [4.78, 5) is 2.28. The van der Waals surface area contributed by atoms with Crippen LogP contribution in [-0.2, 0) is 0 Å². The molecule has 0 aromatic rings. The average molecular weight is 157 g/mol. The maximum atomic E-state index is 3.84. The van der Waals surface area contributed by atoms with E-state index in [1.807, 2.05) is 13.8 Å². The van der Waals surface area contributed by atoms with Gasteiger partial charge in [-0.25, -0.2) is 0 Å². The molecule has 68 valence electrons. The first-order chi connectivity index (χ1) is 5.16. The predicted octanol–water partition coefficient (Wildman–Crippen LogP) is 2.93. The molecule has 0 rings (SSSR count). The molecule has 0 fully saturated rings. The van der Waals surface area contributed by atoms with Gasteiger partial charge in [0.15, 0.2) is 0 Å². The van der Waals surface area contributed by atoms with Gasteiger partial charge in [0.05, 0.1) is 0 Å². The second kappa shape index (κ2) is 9.70. The van der Waals surface area contributed by atoms with Gasteiger partial charge in [0.1, 0.15) is 0 Å². The third kappa shape index (κ3) is 12.8. The molecule has 0 saturated heterocycles. The molecule has 0 amide bonds. The lowest BCUT2D eigenvalue weighted by Crippen LogP contribution is -2.20. The standard InChI is InChI=1S/C8H17N.C2H6/c1-5-6-9(4)7-8(2)3;1-2/h2,5-7H2,1,3-4H3;1-2H3. The normalized spacial score (nSPS) is 8.91. The van der Waals surface area contributed by atoms with E-state index in [9.17, 15) is 0 Å². The molecule has 0 radical (unpaired) electrons. The lowest BCUT2D eigenvalue weighted by Gasteiger charge is -2.14. The van der Waals surface area contributed by atoms with E-state index in [-0.39, 0.29) is 0 Å². The molecule has 0 aromatic carbocycles. The topological polar surface area (TPSA) is 3.24 Å². The Bertz CT molecular complexity index is 86.9. The van der Waals surface area contributed by atoms with Crippen molar-refractivity contribution in [3.8, 4) is 0 Å². The Morgan fingerprint density at radius 1 is 1.36 bits per heavy atom. The first kappa shape index (κ1) is 13.3. The van der Waals surface area contributed by atoms with Gasteiger partial charge in [0, 0.05) is 6.54 Å². The van der Waals surface area contributed by atoms with Gasteiger partial charge in [-0.2, -0.15) is 0 Å². The van der Waals surface area contributed by atoms with Crippen LogP contribution in [0.5, 0.6) is 0 Å². The molecule has 11 heavy (non-hydrogen) atoms. The van der Waals surface area contributed by atoms with Crippen molar-refractivity contribution >= 4 is 0 Å². The van der Waals surface area contributed by atoms with Crippen LogP contribution >= 0.6 is 0 Å². The summed E-state index contributed by atoms with van der Waals surface area (Å²) in [6.45, 7) is 14.3. The lowest BCUT2D eigenvalue weighted by molar-refractivity contribution is 0.363. The minimum absolute atomic E-state index is 1.04. The molecule has 0 heterocycles. The molecular formula is C10H23N. The van der Waals surface area contributed by atoms with E-state index in [1.165, 1.54) is 18.5 Å². The van der Waals surface area contributed by atoms with E-state index in [0.29, 0.717) is 0 Å². The molecule has 0 aromatic heterocycles. The smallest absolute Gasteiger partial charge is 0.0184 e. The van der Waals surface area contributed by atoms with Gasteiger partial charge in [-0.3, -0.25) is 0 Å². The van der Waals surface area contributed by atoms with Crippen LogP contribution in [0.15, 0.2) is 12.2 Å². The van der Waals surface area contributed by atoms with Gasteiger partial charge in [-0.1, -0.05) is 32.9 Å². The zero-order valence-corrected chi connectivity index (χ0v) is 8.78. The van der Waals surface area contributed by atoms with E-state index >= 15 is 0 Å². The maximum Gasteiger partial charge on any atom is 0.0184 e. The highest BCUT2D eigenvalue weighted by molar-refractivity contribution is 4.90. The molecule has 0 saturated carbocycles. The van der Waals surface area contributed by atoms with Crippen molar-refractivity contribution in [3.05, 3.63) is 12.2 Å². The van der Waals surface area contributed by atoms with E-state index in [0.717, 1.165) is 6.54 Å². The summed E-state index contributed by atoms with van der Waals surface area (Å²) in [6, 6.07) is 0. The van der Waals surface area contributed by atoms with Gasteiger partial charge < -0.3 is 4.90 Å². The summed E-state index contributed by atoms with van der Waals surface area (Å²) in [5, 5.41) is 0. The summed E-state index contributed by atoms with van der Waals surface area (Å²) in [5.41, 5.74) is 1.24. The molecule has 0 bridgehead atoms. The van der Waals surface area contributed by atoms with Gasteiger partial charge in [0.25, 0.3) is 0 Å². The number of hydrogen-bond donors (Lipinski definition) is 0. The van der Waals surface area contributed by atoms with Crippen LogP contribution in [0, 0.1) is 0 Å². The Hall–Kier alpha value is -0.300. The van der Waals surface area contributed by atoms with Crippen molar-refractivity contribution in [3.63, 3.8) is 0 Å². The van der Waals surface area contributed by atoms with Crippen molar-refractivity contribution < 1.29 is 0 Å². The number of nitrogens with zero attached hydrogens (tertiary/aromatic N) is 1. The summed E-state index contributed by atoms with van der Waals surface area (Å²) in [7, 11) is 2.12. The molecular weight excluding hydrogens is 134 g/mol. The molecule has 0 atom stereocenters. The Kier molecular flexibility index (Phi) is 11.7. The highest BCUT2D eigenvalue weighted by Crippen LogP contribution is 1.92. The number of likely N-dealkylation sites (N-methyl/N-ethyl adjacent to an activating group) is 1. The summed E-state index contributed by atoms with van der Waals surface area (Å²) >= 11 is 0. The van der Waals surface area contributed by atoms with E-state index in [1.54, 1.807) is 0 Å². The molecule has 1 heteroatoms. The van der Waals surface area contributed by atoms with E-state index in [4.69, 9.17) is 0 Å². The number of hydrogen-bond acceptors (Lipinski definition) is 1. The Morgan fingerprint density at radius 2 is 1.82 bits per heavy atom. The molecule has 0 aliphatic carbocycles. The zero-order chi connectivity index (χ0) is 9.28. The van der Waals surface area contributed by atoms with Crippen molar-refractivity contribution in [2.75, 3.05) is 20.1 Å². The van der Waals surface area contributed by atoms with Gasteiger partial charge in [-0.05, 0) is 26.9 Å². The van der Waals surface area contributed by atoms with Crippen LogP contribution in [0.25, 0.3) is 0 Å². The first-order valence-corrected chi connectivity index (χ1v) is 4.49. The fraction of sp³-hybridized carbons (Fsp3) is 0.800. The summed E-state index contributed by atoms with van der Waals surface area (Å²) in [5.74, 6) is 0. The van der Waals surface area contributed by atoms with Crippen LogP contribution in [0.3, 0.4) is 0 Å². The van der Waals surface area contributed by atoms with Crippen molar-refractivity contribution in [2.24, 2.45) is 0 Å². The quantitative estimate of drug-likeness (QED) is 0.567. The fourth-order valence-electron chi connectivity index (χ4n) is 0.922. The van der Waals surface area contributed by atoms with Crippen LogP contribution < -0.4 is 0 Å². The Labute approximate surface area is 72.1 Å². The molecule has 0 N–H and O–H groups in total. The molecule has 0 aliphatic rings. The van der Waals surface area contributed by atoms with Crippen LogP contribution in [0.2, 0.25) is 0 Å². The highest BCUT2D eigenvalue weighted by Gasteiger charge is 1.93. The third-order valence-electron chi connectivity index (χ3n) is 1.15. The third-order valence-corrected chi connectivity index (χ3v) is 1.15. The van der Waals surface area contributed by atoms with Crippen LogP contribution in [0.4, 0.5) is 0 Å². The summed E-state index contributed by atoms with van der Waals surface area (Å²) < 4.78 is 0. The Balaban J connectivity index is 0. The lowest BCUT2D eigenvalue weighted by atomic mass is 10.3. The first-order valence-electron chi connectivity index (χ1n) is 4.49. The fourth-order valence-corrected chi connectivity index (χ4v) is 0.922. The minimum Gasteiger partial charge on any atom is -0.302 e. The molecule has 0 aliphatic heterocycles. The maximum absolute atomic E-state index is 3.84. The number of rotatable bonds is 4. The van der Waals surface area contributed by atoms with Crippen LogP contribution in [0.1, 0.15) is 34.1 Å². The SMILES string of the molecule is C=C(C)CN(C)CCC.CC. The van der Waals surface area contributed by atoms with Gasteiger partial charge in [-0.15, -0.1) is 0 Å². The predicted molar refractivity (Wildman–Crippen MR) is 54.0 cm³/mol. The molecule has 0 spiro atoms. The van der Waals surface area contributed by atoms with Gasteiger partial charge >= 0.3 is 0 Å². The van der Waals surface area contributed by atoms with Crippen molar-refractivity contribution in [2.45, 2.75) is 34.1 Å². The second-order valence-corrected chi connectivity index (χ2v) is 2.69. The monoisotopic (exact) mass is 157 g/mol. The molecule has 1 nitrogen and oxygen atoms in total. The van der Waals surface area contributed by atoms with Crippen molar-refractivity contribution in [1.29, 1.82) is 0 Å². The second-order valence-electron chi connectivity index (χ2n) is 2.69. The largest absolute Gasteiger partial charge is 0.302 e. The van der Waals surface area contributed by atoms with Gasteiger partial charge in [0.2, 0.25) is 0 Å². The molecule has 0 unspecified atom stereocenters. The zero-order valence-electron chi connectivity index (χ0n) is 8.78.